The van der Waals surface area contributed by atoms with Gasteiger partial charge in [-0.05, 0) is 38.1 Å². The quantitative estimate of drug-likeness (QED) is 0.869. The second-order valence-electron chi connectivity index (χ2n) is 6.45. The van der Waals surface area contributed by atoms with E-state index in [2.05, 4.69) is 16.9 Å². The minimum Gasteiger partial charge on any atom is -0.445 e. The van der Waals surface area contributed by atoms with Crippen LogP contribution in [0.5, 0.6) is 0 Å². The molecule has 2 fully saturated rings. The van der Waals surface area contributed by atoms with Crippen molar-refractivity contribution in [3.8, 4) is 0 Å². The molecule has 6 nitrogen and oxygen atoms in total. The predicted octanol–water partition coefficient (Wildman–Crippen LogP) is 2.59. The molecule has 1 unspecified atom stereocenters. The maximum absolute atomic E-state index is 12.5. The van der Waals surface area contributed by atoms with Crippen molar-refractivity contribution in [2.75, 3.05) is 7.05 Å². The van der Waals surface area contributed by atoms with Gasteiger partial charge in [0, 0.05) is 29.9 Å². The average molecular weight is 336 g/mol. The van der Waals surface area contributed by atoms with Crippen molar-refractivity contribution in [2.45, 2.75) is 43.9 Å². The summed E-state index contributed by atoms with van der Waals surface area (Å²) in [7, 11) is 2.13. The van der Waals surface area contributed by atoms with Crippen molar-refractivity contribution >= 4 is 28.7 Å². The summed E-state index contributed by atoms with van der Waals surface area (Å²) in [6.07, 6.45) is 3.24. The number of carbonyl (C=O) groups excluding carboxylic acids is 1. The molecular weight excluding hydrogens is 318 g/mol. The third-order valence-corrected chi connectivity index (χ3v) is 5.38. The van der Waals surface area contributed by atoms with Gasteiger partial charge >= 0.3 is 11.8 Å². The predicted molar refractivity (Wildman–Crippen MR) is 87.0 cm³/mol. The van der Waals surface area contributed by atoms with E-state index in [1.54, 1.807) is 18.2 Å². The minimum absolute atomic E-state index is 0.125. The monoisotopic (exact) mass is 335 g/mol. The van der Waals surface area contributed by atoms with Crippen LogP contribution >= 0.6 is 11.6 Å². The van der Waals surface area contributed by atoms with Gasteiger partial charge in [-0.15, -0.1) is 0 Å². The Hall–Kier alpha value is -1.79. The molecule has 1 aromatic heterocycles. The van der Waals surface area contributed by atoms with E-state index in [9.17, 15) is 9.59 Å². The molecule has 1 aromatic carbocycles. The van der Waals surface area contributed by atoms with E-state index < -0.39 is 11.8 Å². The second kappa shape index (κ2) is 5.39. The Morgan fingerprint density at radius 2 is 2.00 bits per heavy atom. The molecule has 23 heavy (non-hydrogen) atoms. The lowest BCUT2D eigenvalue weighted by Gasteiger charge is -2.35. The molecule has 2 aliphatic heterocycles. The number of benzene rings is 1. The molecule has 3 atom stereocenters. The van der Waals surface area contributed by atoms with Crippen LogP contribution in [0.1, 0.15) is 25.7 Å². The number of nitrogens with one attached hydrogen (secondary N) is 1. The third kappa shape index (κ3) is 2.46. The fourth-order valence-electron chi connectivity index (χ4n) is 3.92. The molecule has 0 saturated carbocycles. The van der Waals surface area contributed by atoms with E-state index in [0.29, 0.717) is 28.1 Å². The lowest BCUT2D eigenvalue weighted by atomic mass is 10.0. The SMILES string of the molecule is CN1[C@@H]2CC[C@H]1CC(OC(=O)n1c(=O)[nH]c3cc(Cl)ccc31)C2. The van der Waals surface area contributed by atoms with Crippen LogP contribution in [0.3, 0.4) is 0 Å². The Bertz CT molecular complexity index is 814. The number of fused-ring (bicyclic) bond motifs is 3. The van der Waals surface area contributed by atoms with E-state index in [1.807, 2.05) is 0 Å². The molecule has 2 aliphatic rings. The number of imidazole rings is 1. The third-order valence-electron chi connectivity index (χ3n) is 5.15. The van der Waals surface area contributed by atoms with Crippen LogP contribution in [0.15, 0.2) is 23.0 Å². The van der Waals surface area contributed by atoms with Crippen LogP contribution in [0.4, 0.5) is 4.79 Å². The van der Waals surface area contributed by atoms with Gasteiger partial charge in [0.2, 0.25) is 0 Å². The molecule has 1 N–H and O–H groups in total. The summed E-state index contributed by atoms with van der Waals surface area (Å²) >= 11 is 5.92. The topological polar surface area (TPSA) is 67.3 Å². The molecule has 0 aliphatic carbocycles. The van der Waals surface area contributed by atoms with Gasteiger partial charge in [0.05, 0.1) is 11.0 Å². The number of halogens is 1. The summed E-state index contributed by atoms with van der Waals surface area (Å²) in [5.41, 5.74) is 0.520. The van der Waals surface area contributed by atoms with Crippen LogP contribution in [-0.4, -0.2) is 45.8 Å². The van der Waals surface area contributed by atoms with E-state index in [4.69, 9.17) is 16.3 Å². The number of hydrogen-bond acceptors (Lipinski definition) is 4. The normalized spacial score (nSPS) is 27.5. The fraction of sp³-hybridized carbons (Fsp3) is 0.500. The van der Waals surface area contributed by atoms with Crippen LogP contribution in [0.25, 0.3) is 11.0 Å². The van der Waals surface area contributed by atoms with Gasteiger partial charge in [-0.3, -0.25) is 0 Å². The van der Waals surface area contributed by atoms with Gasteiger partial charge < -0.3 is 14.6 Å². The van der Waals surface area contributed by atoms with Crippen LogP contribution in [0.2, 0.25) is 5.02 Å². The molecule has 7 heteroatoms. The van der Waals surface area contributed by atoms with Gasteiger partial charge in [0.15, 0.2) is 0 Å². The Kier molecular flexibility index (Phi) is 3.46. The van der Waals surface area contributed by atoms with Gasteiger partial charge in [0.25, 0.3) is 0 Å². The Balaban J connectivity index is 1.58. The largest absolute Gasteiger partial charge is 0.445 e. The summed E-state index contributed by atoms with van der Waals surface area (Å²) in [5.74, 6) is 0. The average Bonchev–Trinajstić information content (AvgIpc) is 2.90. The van der Waals surface area contributed by atoms with Gasteiger partial charge in [-0.25, -0.2) is 9.59 Å². The fourth-order valence-corrected chi connectivity index (χ4v) is 4.09. The van der Waals surface area contributed by atoms with E-state index >= 15 is 0 Å². The summed E-state index contributed by atoms with van der Waals surface area (Å²) in [6.45, 7) is 0. The van der Waals surface area contributed by atoms with Gasteiger partial charge in [0.1, 0.15) is 6.10 Å². The highest BCUT2D eigenvalue weighted by Gasteiger charge is 2.40. The Morgan fingerprint density at radius 1 is 1.30 bits per heavy atom. The van der Waals surface area contributed by atoms with Crippen molar-refractivity contribution in [1.82, 2.24) is 14.5 Å². The summed E-state index contributed by atoms with van der Waals surface area (Å²) < 4.78 is 6.68. The minimum atomic E-state index is -0.613. The molecule has 0 amide bonds. The highest BCUT2D eigenvalue weighted by atomic mass is 35.5. The zero-order chi connectivity index (χ0) is 16.1. The van der Waals surface area contributed by atoms with Gasteiger partial charge in [-0.1, -0.05) is 11.6 Å². The number of carbonyl (C=O) groups is 1. The highest BCUT2D eigenvalue weighted by molar-refractivity contribution is 6.31. The molecule has 0 radical (unpaired) electrons. The van der Waals surface area contributed by atoms with Crippen LogP contribution in [0, 0.1) is 0 Å². The van der Waals surface area contributed by atoms with E-state index in [-0.39, 0.29) is 6.10 Å². The molecule has 0 spiro atoms. The number of rotatable bonds is 1. The first-order valence-corrected chi connectivity index (χ1v) is 8.24. The zero-order valence-corrected chi connectivity index (χ0v) is 13.5. The number of nitrogens with zero attached hydrogens (tertiary/aromatic N) is 2. The summed E-state index contributed by atoms with van der Waals surface area (Å²) in [4.78, 5) is 29.6. The maximum Gasteiger partial charge on any atom is 0.423 e. The highest BCUT2D eigenvalue weighted by Crippen LogP contribution is 2.35. The lowest BCUT2D eigenvalue weighted by Crippen LogP contribution is -2.44. The Morgan fingerprint density at radius 3 is 2.70 bits per heavy atom. The first kappa shape index (κ1) is 14.8. The first-order valence-electron chi connectivity index (χ1n) is 7.86. The number of H-pyrrole nitrogens is 1. The number of aromatic nitrogens is 2. The summed E-state index contributed by atoms with van der Waals surface area (Å²) in [5, 5.41) is 0.506. The van der Waals surface area contributed by atoms with E-state index in [1.165, 1.54) is 0 Å². The number of hydrogen-bond donors (Lipinski definition) is 1. The Labute approximate surface area is 138 Å². The molecule has 4 rings (SSSR count). The molecular formula is C16H18ClN3O3. The second-order valence-corrected chi connectivity index (χ2v) is 6.89. The first-order chi connectivity index (χ1) is 11.0. The number of ether oxygens (including phenoxy) is 1. The smallest absolute Gasteiger partial charge is 0.423 e. The van der Waals surface area contributed by atoms with Crippen molar-refractivity contribution in [3.63, 3.8) is 0 Å². The molecule has 2 bridgehead atoms. The van der Waals surface area contributed by atoms with Crippen molar-refractivity contribution in [2.24, 2.45) is 0 Å². The maximum atomic E-state index is 12.5. The zero-order valence-electron chi connectivity index (χ0n) is 12.8. The van der Waals surface area contributed by atoms with Crippen molar-refractivity contribution in [3.05, 3.63) is 33.7 Å². The molecule has 2 saturated heterocycles. The number of aromatic amines is 1. The van der Waals surface area contributed by atoms with Crippen LogP contribution in [-0.2, 0) is 4.74 Å². The summed E-state index contributed by atoms with van der Waals surface area (Å²) in [6, 6.07) is 5.87. The van der Waals surface area contributed by atoms with Crippen molar-refractivity contribution < 1.29 is 9.53 Å². The standard InChI is InChI=1S/C16H18ClN3O3/c1-19-10-3-4-11(19)8-12(7-10)23-16(22)20-14-5-2-9(17)6-13(14)18-15(20)21/h2,5-6,10-12H,3-4,7-8H2,1H3,(H,18,21)/t10-,11+,12?. The van der Waals surface area contributed by atoms with Gasteiger partial charge in [-0.2, -0.15) is 4.57 Å². The van der Waals surface area contributed by atoms with Crippen molar-refractivity contribution in [1.29, 1.82) is 0 Å². The van der Waals surface area contributed by atoms with E-state index in [0.717, 1.165) is 30.3 Å². The molecule has 2 aromatic rings. The number of piperidine rings is 1. The van der Waals surface area contributed by atoms with Crippen LogP contribution < -0.4 is 5.69 Å². The molecule has 122 valence electrons. The lowest BCUT2D eigenvalue weighted by molar-refractivity contribution is 0.0290. The molecule has 3 heterocycles.